The van der Waals surface area contributed by atoms with Gasteiger partial charge >= 0.3 is 5.97 Å². The van der Waals surface area contributed by atoms with Crippen LogP contribution in [0.2, 0.25) is 0 Å². The Morgan fingerprint density at radius 1 is 0.596 bits per heavy atom. The molecule has 0 radical (unpaired) electrons. The lowest BCUT2D eigenvalue weighted by molar-refractivity contribution is -0.393. The Hall–Kier alpha value is -1.17. The number of carbonyl (C=O) groups is 1. The lowest BCUT2D eigenvalue weighted by atomic mass is 9.89. The van der Waals surface area contributed by atoms with E-state index in [-0.39, 0.29) is 6.61 Å². The minimum atomic E-state index is -1.86. The van der Waals surface area contributed by atoms with Gasteiger partial charge < -0.3 is 83.9 Å². The maximum atomic E-state index is 12.2. The molecule has 0 spiro atoms. The number of aliphatic carboxylic acids is 1. The van der Waals surface area contributed by atoms with Crippen molar-refractivity contribution in [2.45, 2.75) is 152 Å². The number of rotatable bonds is 11. The summed E-state index contributed by atoms with van der Waals surface area (Å²) in [4.78, 5) is 12.2. The van der Waals surface area contributed by atoms with Crippen LogP contribution in [-0.4, -0.2) is 176 Å². The van der Waals surface area contributed by atoms with Gasteiger partial charge in [-0.3, -0.25) is 0 Å². The van der Waals surface area contributed by atoms with Crippen molar-refractivity contribution in [3.63, 3.8) is 0 Å². The molecule has 0 aliphatic carbocycles. The highest BCUT2D eigenvalue weighted by molar-refractivity contribution is 5.73. The fourth-order valence-electron chi connectivity index (χ4n) is 6.19. The van der Waals surface area contributed by atoms with Crippen molar-refractivity contribution in [3.8, 4) is 0 Å². The largest absolute Gasteiger partial charge is 0.479 e. The van der Waals surface area contributed by atoms with Crippen LogP contribution in [0.5, 0.6) is 0 Å². The van der Waals surface area contributed by atoms with Crippen LogP contribution in [0.15, 0.2) is 0 Å². The van der Waals surface area contributed by atoms with Gasteiger partial charge in [-0.05, 0) is 20.3 Å². The van der Waals surface area contributed by atoms with Crippen LogP contribution < -0.4 is 0 Å². The molecule has 4 saturated heterocycles. The SMILES string of the molecule is CCCO[C@@H]1OC(C(=O)O)[C@H](O[C@@H]2O[C@@H](C)[C@H](O)C(O)C2O[C@@H]2O[C@@H](C)[C@H](O)C(C)C2O[C@@H]2OC(CO)[C@H](O)[C@H](O)C2C)[C@H](O)C1O. The number of aliphatic hydroxyl groups is 8. The molecule has 4 heterocycles. The molecule has 4 fully saturated rings. The Bertz CT molecular complexity index is 1000. The molecule has 18 nitrogen and oxygen atoms in total. The van der Waals surface area contributed by atoms with E-state index < -0.39 is 135 Å². The Balaban J connectivity index is 1.60. The van der Waals surface area contributed by atoms with E-state index in [2.05, 4.69) is 0 Å². The average molecular weight is 687 g/mol. The average Bonchev–Trinajstić information content (AvgIpc) is 3.03. The first kappa shape index (κ1) is 38.6. The molecule has 0 aromatic rings. The zero-order valence-corrected chi connectivity index (χ0v) is 26.9. The smallest absolute Gasteiger partial charge is 0.335 e. The molecule has 4 aliphatic rings. The first-order valence-electron chi connectivity index (χ1n) is 15.9. The molecule has 0 aromatic heterocycles. The Labute approximate surface area is 271 Å². The van der Waals surface area contributed by atoms with E-state index in [4.69, 9.17) is 37.9 Å². The Kier molecular flexibility index (Phi) is 13.3. The summed E-state index contributed by atoms with van der Waals surface area (Å²) in [5.74, 6) is -3.11. The van der Waals surface area contributed by atoms with E-state index in [0.717, 1.165) is 0 Å². The molecule has 0 aromatic carbocycles. The molecule has 0 amide bonds. The summed E-state index contributed by atoms with van der Waals surface area (Å²) < 4.78 is 46.3. The van der Waals surface area contributed by atoms with Gasteiger partial charge in [0.1, 0.15) is 54.9 Å². The lowest BCUT2D eigenvalue weighted by Gasteiger charge is -2.50. The van der Waals surface area contributed by atoms with Crippen LogP contribution >= 0.6 is 0 Å². The van der Waals surface area contributed by atoms with Gasteiger partial charge in [0, 0.05) is 18.4 Å². The fourth-order valence-corrected chi connectivity index (χ4v) is 6.19. The number of carboxylic acids is 1. The second-order valence-corrected chi connectivity index (χ2v) is 12.7. The van der Waals surface area contributed by atoms with E-state index in [1.165, 1.54) is 6.92 Å². The molecule has 4 rings (SSSR count). The normalized spacial score (nSPS) is 51.1. The first-order chi connectivity index (χ1) is 22.1. The summed E-state index contributed by atoms with van der Waals surface area (Å²) in [5.41, 5.74) is 0. The number of hydrogen-bond donors (Lipinski definition) is 9. The van der Waals surface area contributed by atoms with Crippen LogP contribution in [0.25, 0.3) is 0 Å². The van der Waals surface area contributed by atoms with Crippen LogP contribution in [0.1, 0.15) is 41.0 Å². The molecule has 18 heteroatoms. The first-order valence-corrected chi connectivity index (χ1v) is 15.9. The molecule has 0 saturated carbocycles. The van der Waals surface area contributed by atoms with E-state index in [9.17, 15) is 50.8 Å². The van der Waals surface area contributed by atoms with Gasteiger partial charge in [0.05, 0.1) is 31.0 Å². The maximum Gasteiger partial charge on any atom is 0.335 e. The molecule has 4 aliphatic heterocycles. The Morgan fingerprint density at radius 3 is 1.74 bits per heavy atom. The van der Waals surface area contributed by atoms with Crippen molar-refractivity contribution < 1.29 is 88.6 Å². The van der Waals surface area contributed by atoms with E-state index >= 15 is 0 Å². The van der Waals surface area contributed by atoms with Crippen molar-refractivity contribution in [2.75, 3.05) is 13.2 Å². The van der Waals surface area contributed by atoms with Crippen LogP contribution in [0.3, 0.4) is 0 Å². The second-order valence-electron chi connectivity index (χ2n) is 12.7. The van der Waals surface area contributed by atoms with Gasteiger partial charge in [-0.25, -0.2) is 4.79 Å². The van der Waals surface area contributed by atoms with Gasteiger partial charge in [0.25, 0.3) is 0 Å². The van der Waals surface area contributed by atoms with Gasteiger partial charge in [0.15, 0.2) is 31.3 Å². The number of ether oxygens (including phenoxy) is 8. The third-order valence-corrected chi connectivity index (χ3v) is 9.27. The molecule has 274 valence electrons. The van der Waals surface area contributed by atoms with Crippen molar-refractivity contribution in [3.05, 3.63) is 0 Å². The zero-order chi connectivity index (χ0) is 34.9. The number of carboxylic acid groups (broad SMARTS) is 1. The highest BCUT2D eigenvalue weighted by Gasteiger charge is 2.55. The summed E-state index contributed by atoms with van der Waals surface area (Å²) in [6.45, 7) is 7.39. The van der Waals surface area contributed by atoms with Crippen LogP contribution in [-0.2, 0) is 42.7 Å². The van der Waals surface area contributed by atoms with Crippen molar-refractivity contribution in [1.82, 2.24) is 0 Å². The molecule has 9 N–H and O–H groups in total. The van der Waals surface area contributed by atoms with E-state index in [0.29, 0.717) is 6.42 Å². The third-order valence-electron chi connectivity index (χ3n) is 9.27. The van der Waals surface area contributed by atoms with Gasteiger partial charge in [-0.2, -0.15) is 0 Å². The molecular weight excluding hydrogens is 636 g/mol. The lowest BCUT2D eigenvalue weighted by Crippen LogP contribution is -2.66. The van der Waals surface area contributed by atoms with Crippen molar-refractivity contribution >= 4 is 5.97 Å². The Morgan fingerprint density at radius 2 is 1.15 bits per heavy atom. The zero-order valence-electron chi connectivity index (χ0n) is 26.9. The maximum absolute atomic E-state index is 12.2. The van der Waals surface area contributed by atoms with E-state index in [1.807, 2.05) is 0 Å². The highest BCUT2D eigenvalue weighted by Crippen LogP contribution is 2.37. The number of aliphatic hydroxyl groups excluding tert-OH is 8. The summed E-state index contributed by atoms with van der Waals surface area (Å²) in [6, 6.07) is 0. The minimum absolute atomic E-state index is 0.108. The van der Waals surface area contributed by atoms with Gasteiger partial charge in [-0.15, -0.1) is 0 Å². The van der Waals surface area contributed by atoms with Crippen molar-refractivity contribution in [1.29, 1.82) is 0 Å². The predicted octanol–water partition coefficient (Wildman–Crippen LogP) is -3.62. The van der Waals surface area contributed by atoms with Crippen LogP contribution in [0, 0.1) is 11.8 Å². The van der Waals surface area contributed by atoms with Crippen LogP contribution in [0.4, 0.5) is 0 Å². The summed E-state index contributed by atoms with van der Waals surface area (Å²) in [5, 5.41) is 94.6. The fraction of sp³-hybridized carbons (Fsp3) is 0.966. The second kappa shape index (κ2) is 16.2. The molecule has 0 bridgehead atoms. The van der Waals surface area contributed by atoms with E-state index in [1.54, 1.807) is 27.7 Å². The summed E-state index contributed by atoms with van der Waals surface area (Å²) >= 11 is 0. The summed E-state index contributed by atoms with van der Waals surface area (Å²) in [6.07, 6.45) is -25.6. The van der Waals surface area contributed by atoms with Crippen molar-refractivity contribution in [2.24, 2.45) is 11.8 Å². The molecule has 20 atom stereocenters. The third kappa shape index (κ3) is 8.09. The number of hydrogen-bond acceptors (Lipinski definition) is 17. The standard InChI is InChI=1S/C29H50O18/c1-6-7-40-27-20(37)19(36)22(24(47-27)25(38)39)45-29-23(18(35)16(33)12(5)42-29)46-28-21(9(2)14(31)11(4)41-28)44-26-10(3)15(32)17(34)13(8-30)43-26/h9-24,26-37H,6-8H2,1-5H3,(H,38,39)/t9?,10?,11-,12-,13?,14+,15+,16-,17-,18?,19+,20?,21?,22+,23?,24?,26-,27+,28-,29-/m0/s1. The molecular formula is C29H50O18. The minimum Gasteiger partial charge on any atom is -0.479 e. The predicted molar refractivity (Wildman–Crippen MR) is 152 cm³/mol. The highest BCUT2D eigenvalue weighted by atomic mass is 16.8. The topological polar surface area (TPSA) is 273 Å². The molecule has 47 heavy (non-hydrogen) atoms. The molecule has 8 unspecified atom stereocenters. The monoisotopic (exact) mass is 686 g/mol. The van der Waals surface area contributed by atoms with Gasteiger partial charge in [-0.1, -0.05) is 20.8 Å². The summed E-state index contributed by atoms with van der Waals surface area (Å²) in [7, 11) is 0. The quantitative estimate of drug-likeness (QED) is 0.101. The van der Waals surface area contributed by atoms with Gasteiger partial charge in [0.2, 0.25) is 0 Å².